The van der Waals surface area contributed by atoms with Gasteiger partial charge in [-0.25, -0.2) is 9.97 Å². The van der Waals surface area contributed by atoms with Gasteiger partial charge in [0, 0.05) is 12.4 Å². The van der Waals surface area contributed by atoms with Gasteiger partial charge in [-0.15, -0.1) is 0 Å². The normalized spacial score (nSPS) is 13.0. The molecule has 1 atom stereocenters. The van der Waals surface area contributed by atoms with Crippen molar-refractivity contribution in [3.63, 3.8) is 0 Å². The molecule has 54 valence electrons. The Bertz CT molecular complexity index is 188. The first-order valence-electron chi connectivity index (χ1n) is 3.29. The van der Waals surface area contributed by atoms with Crippen LogP contribution in [0.5, 0.6) is 0 Å². The van der Waals surface area contributed by atoms with E-state index in [1.54, 1.807) is 18.5 Å². The maximum Gasteiger partial charge on any atom is 0.156 e. The van der Waals surface area contributed by atoms with Crippen molar-refractivity contribution >= 4 is 0 Å². The molecule has 3 heteroatoms. The summed E-state index contributed by atoms with van der Waals surface area (Å²) in [6.45, 7) is 1.89. The summed E-state index contributed by atoms with van der Waals surface area (Å²) >= 11 is 0. The second-order valence-corrected chi connectivity index (χ2v) is 2.03. The first-order valence-corrected chi connectivity index (χ1v) is 3.29. The van der Waals surface area contributed by atoms with Crippen LogP contribution in [0.3, 0.4) is 0 Å². The van der Waals surface area contributed by atoms with Gasteiger partial charge in [-0.2, -0.15) is 0 Å². The Labute approximate surface area is 59.8 Å². The molecule has 0 saturated heterocycles. The van der Waals surface area contributed by atoms with Crippen LogP contribution in [0.15, 0.2) is 18.5 Å². The van der Waals surface area contributed by atoms with Crippen molar-refractivity contribution in [1.82, 2.24) is 9.97 Å². The Balaban J connectivity index is 2.75. The van der Waals surface area contributed by atoms with Crippen LogP contribution in [0.2, 0.25) is 0 Å². The SMILES string of the molecule is CC[C@@H](O)c1ncccn1. The molecule has 1 N–H and O–H groups in total. The van der Waals surface area contributed by atoms with E-state index in [4.69, 9.17) is 0 Å². The first-order chi connectivity index (χ1) is 4.84. The van der Waals surface area contributed by atoms with Gasteiger partial charge in [0.2, 0.25) is 0 Å². The molecular formula is C7H10N2O. The van der Waals surface area contributed by atoms with Crippen molar-refractivity contribution in [2.24, 2.45) is 0 Å². The maximum atomic E-state index is 9.20. The lowest BCUT2D eigenvalue weighted by Gasteiger charge is -2.02. The quantitative estimate of drug-likeness (QED) is 0.661. The first kappa shape index (κ1) is 7.15. The van der Waals surface area contributed by atoms with Gasteiger partial charge in [0.05, 0.1) is 0 Å². The summed E-state index contributed by atoms with van der Waals surface area (Å²) in [5.41, 5.74) is 0. The van der Waals surface area contributed by atoms with Crippen LogP contribution in [0.25, 0.3) is 0 Å². The van der Waals surface area contributed by atoms with Crippen molar-refractivity contribution in [2.75, 3.05) is 0 Å². The third kappa shape index (κ3) is 1.51. The van der Waals surface area contributed by atoms with Gasteiger partial charge >= 0.3 is 0 Å². The van der Waals surface area contributed by atoms with Gasteiger partial charge in [0.15, 0.2) is 5.82 Å². The summed E-state index contributed by atoms with van der Waals surface area (Å²) in [6.07, 6.45) is 3.40. The highest BCUT2D eigenvalue weighted by atomic mass is 16.3. The second kappa shape index (κ2) is 3.27. The number of aromatic nitrogens is 2. The van der Waals surface area contributed by atoms with E-state index in [-0.39, 0.29) is 0 Å². The zero-order chi connectivity index (χ0) is 7.40. The van der Waals surface area contributed by atoms with Gasteiger partial charge in [-0.05, 0) is 12.5 Å². The Hall–Kier alpha value is -0.960. The van der Waals surface area contributed by atoms with E-state index in [0.29, 0.717) is 12.2 Å². The highest BCUT2D eigenvalue weighted by Gasteiger charge is 2.04. The van der Waals surface area contributed by atoms with Crippen LogP contribution in [-0.2, 0) is 0 Å². The number of aliphatic hydroxyl groups is 1. The van der Waals surface area contributed by atoms with E-state index in [1.165, 1.54) is 0 Å². The molecule has 1 rings (SSSR count). The van der Waals surface area contributed by atoms with Gasteiger partial charge < -0.3 is 5.11 Å². The lowest BCUT2D eigenvalue weighted by Crippen LogP contribution is -2.00. The van der Waals surface area contributed by atoms with Crippen molar-refractivity contribution < 1.29 is 5.11 Å². The monoisotopic (exact) mass is 138 g/mol. The van der Waals surface area contributed by atoms with E-state index < -0.39 is 6.10 Å². The molecule has 0 aliphatic heterocycles. The lowest BCUT2D eigenvalue weighted by molar-refractivity contribution is 0.163. The zero-order valence-electron chi connectivity index (χ0n) is 5.86. The maximum absolute atomic E-state index is 9.20. The van der Waals surface area contributed by atoms with Crippen molar-refractivity contribution in [3.05, 3.63) is 24.3 Å². The molecule has 0 bridgehead atoms. The Kier molecular flexibility index (Phi) is 2.34. The minimum absolute atomic E-state index is 0.505. The molecule has 0 aromatic carbocycles. The highest BCUT2D eigenvalue weighted by molar-refractivity contribution is 4.91. The molecular weight excluding hydrogens is 128 g/mol. The minimum atomic E-state index is -0.513. The molecule has 1 aromatic heterocycles. The third-order valence-electron chi connectivity index (χ3n) is 1.27. The molecule has 0 spiro atoms. The topological polar surface area (TPSA) is 46.0 Å². The molecule has 1 aromatic rings. The van der Waals surface area contributed by atoms with Crippen molar-refractivity contribution in [3.8, 4) is 0 Å². The number of nitrogens with zero attached hydrogens (tertiary/aromatic N) is 2. The predicted molar refractivity (Wildman–Crippen MR) is 37.3 cm³/mol. The Morgan fingerprint density at radius 2 is 2.10 bits per heavy atom. The van der Waals surface area contributed by atoms with Crippen LogP contribution in [0.4, 0.5) is 0 Å². The summed E-state index contributed by atoms with van der Waals surface area (Å²) in [6, 6.07) is 1.73. The van der Waals surface area contributed by atoms with Gasteiger partial charge in [0.25, 0.3) is 0 Å². The Morgan fingerprint density at radius 1 is 1.50 bits per heavy atom. The molecule has 10 heavy (non-hydrogen) atoms. The van der Waals surface area contributed by atoms with Crippen LogP contribution >= 0.6 is 0 Å². The van der Waals surface area contributed by atoms with Gasteiger partial charge in [-0.3, -0.25) is 0 Å². The molecule has 0 aliphatic rings. The van der Waals surface area contributed by atoms with Gasteiger partial charge in [0.1, 0.15) is 6.10 Å². The lowest BCUT2D eigenvalue weighted by atomic mass is 10.2. The largest absolute Gasteiger partial charge is 0.385 e. The molecule has 0 amide bonds. The van der Waals surface area contributed by atoms with E-state index in [9.17, 15) is 5.11 Å². The van der Waals surface area contributed by atoms with Gasteiger partial charge in [-0.1, -0.05) is 6.92 Å². The van der Waals surface area contributed by atoms with Crippen molar-refractivity contribution in [1.29, 1.82) is 0 Å². The van der Waals surface area contributed by atoms with E-state index in [2.05, 4.69) is 9.97 Å². The molecule has 0 saturated carbocycles. The number of aliphatic hydroxyl groups excluding tert-OH is 1. The Morgan fingerprint density at radius 3 is 2.60 bits per heavy atom. The fourth-order valence-corrected chi connectivity index (χ4v) is 0.665. The number of hydrogen-bond acceptors (Lipinski definition) is 3. The fraction of sp³-hybridized carbons (Fsp3) is 0.429. The number of rotatable bonds is 2. The predicted octanol–water partition coefficient (Wildman–Crippen LogP) is 0.920. The number of hydrogen-bond donors (Lipinski definition) is 1. The van der Waals surface area contributed by atoms with E-state index in [0.717, 1.165) is 0 Å². The van der Waals surface area contributed by atoms with E-state index >= 15 is 0 Å². The average molecular weight is 138 g/mol. The highest BCUT2D eigenvalue weighted by Crippen LogP contribution is 2.08. The molecule has 3 nitrogen and oxygen atoms in total. The van der Waals surface area contributed by atoms with Crippen LogP contribution in [-0.4, -0.2) is 15.1 Å². The average Bonchev–Trinajstić information content (AvgIpc) is 2.05. The fourth-order valence-electron chi connectivity index (χ4n) is 0.665. The summed E-state index contributed by atoms with van der Waals surface area (Å²) in [5, 5.41) is 9.20. The third-order valence-corrected chi connectivity index (χ3v) is 1.27. The standard InChI is InChI=1S/C7H10N2O/c1-2-6(10)7-8-4-3-5-9-7/h3-6,10H,2H2,1H3/t6-/m1/s1. The second-order valence-electron chi connectivity index (χ2n) is 2.03. The molecule has 0 unspecified atom stereocenters. The molecule has 0 fully saturated rings. The summed E-state index contributed by atoms with van der Waals surface area (Å²) in [7, 11) is 0. The van der Waals surface area contributed by atoms with E-state index in [1.807, 2.05) is 6.92 Å². The van der Waals surface area contributed by atoms with Crippen LogP contribution in [0, 0.1) is 0 Å². The van der Waals surface area contributed by atoms with Crippen LogP contribution in [0.1, 0.15) is 25.3 Å². The molecule has 0 aliphatic carbocycles. The van der Waals surface area contributed by atoms with Crippen molar-refractivity contribution in [2.45, 2.75) is 19.4 Å². The summed E-state index contributed by atoms with van der Waals surface area (Å²) in [4.78, 5) is 7.78. The summed E-state index contributed by atoms with van der Waals surface area (Å²) in [5.74, 6) is 0.505. The minimum Gasteiger partial charge on any atom is -0.385 e. The summed E-state index contributed by atoms with van der Waals surface area (Å²) < 4.78 is 0. The van der Waals surface area contributed by atoms with Crippen LogP contribution < -0.4 is 0 Å². The molecule has 0 radical (unpaired) electrons. The smallest absolute Gasteiger partial charge is 0.156 e. The molecule has 1 heterocycles. The zero-order valence-corrected chi connectivity index (χ0v) is 5.86.